The Morgan fingerprint density at radius 2 is 1.90 bits per heavy atom. The number of anilines is 1. The average molecular weight is 291 g/mol. The first-order chi connectivity index (χ1) is 9.81. The second-order valence-corrected chi connectivity index (χ2v) is 5.76. The van der Waals surface area contributed by atoms with Crippen molar-refractivity contribution in [3.05, 3.63) is 29.8 Å². The van der Waals surface area contributed by atoms with E-state index in [0.717, 1.165) is 5.56 Å². The first-order valence-corrected chi connectivity index (χ1v) is 7.17. The van der Waals surface area contributed by atoms with Gasteiger partial charge in [0.1, 0.15) is 0 Å². The quantitative estimate of drug-likeness (QED) is 0.841. The number of hydrogen-bond acceptors (Lipinski definition) is 3. The fourth-order valence-corrected chi connectivity index (χ4v) is 1.99. The Balaban J connectivity index is 2.79. The van der Waals surface area contributed by atoms with Crippen molar-refractivity contribution in [3.63, 3.8) is 0 Å². The second-order valence-electron chi connectivity index (χ2n) is 5.76. The Kier molecular flexibility index (Phi) is 6.37. The lowest BCUT2D eigenvalue weighted by Crippen LogP contribution is -2.37. The summed E-state index contributed by atoms with van der Waals surface area (Å²) in [6.45, 7) is 6.02. The van der Waals surface area contributed by atoms with E-state index in [4.69, 9.17) is 5.73 Å². The predicted octanol–water partition coefficient (Wildman–Crippen LogP) is 1.98. The van der Waals surface area contributed by atoms with Crippen molar-refractivity contribution in [2.45, 2.75) is 39.8 Å². The lowest BCUT2D eigenvalue weighted by Gasteiger charge is -2.19. The summed E-state index contributed by atoms with van der Waals surface area (Å²) in [4.78, 5) is 25.0. The molecular weight excluding hydrogens is 266 g/mol. The van der Waals surface area contributed by atoms with Crippen molar-refractivity contribution >= 4 is 17.5 Å². The topological polar surface area (TPSA) is 75.4 Å². The zero-order chi connectivity index (χ0) is 16.0. The molecule has 0 aromatic heterocycles. The van der Waals surface area contributed by atoms with Gasteiger partial charge in [-0.3, -0.25) is 9.59 Å². The van der Waals surface area contributed by atoms with E-state index < -0.39 is 6.04 Å². The maximum atomic E-state index is 12.1. The number of nitrogens with two attached hydrogens (primary N) is 1. The highest BCUT2D eigenvalue weighted by atomic mass is 16.2. The smallest absolute Gasteiger partial charge is 0.241 e. The van der Waals surface area contributed by atoms with Crippen LogP contribution in [0.1, 0.15) is 32.8 Å². The van der Waals surface area contributed by atoms with Gasteiger partial charge in [-0.2, -0.15) is 0 Å². The van der Waals surface area contributed by atoms with Crippen LogP contribution in [0, 0.1) is 5.92 Å². The van der Waals surface area contributed by atoms with Crippen molar-refractivity contribution < 1.29 is 9.59 Å². The van der Waals surface area contributed by atoms with E-state index in [0.29, 0.717) is 24.6 Å². The maximum absolute atomic E-state index is 12.1. The number of benzene rings is 1. The van der Waals surface area contributed by atoms with Crippen molar-refractivity contribution in [2.24, 2.45) is 11.7 Å². The Labute approximate surface area is 126 Å². The summed E-state index contributed by atoms with van der Waals surface area (Å²) in [6.07, 6.45) is 0.640. The number of carbonyl (C=O) groups excluding carboxylic acids is 2. The number of nitrogens with zero attached hydrogens (tertiary/aromatic N) is 1. The highest BCUT2D eigenvalue weighted by molar-refractivity contribution is 5.95. The minimum absolute atomic E-state index is 0.0207. The molecule has 0 aliphatic carbocycles. The molecule has 0 unspecified atom stereocenters. The van der Waals surface area contributed by atoms with E-state index in [1.54, 1.807) is 11.9 Å². The van der Waals surface area contributed by atoms with Gasteiger partial charge in [0.2, 0.25) is 11.8 Å². The summed E-state index contributed by atoms with van der Waals surface area (Å²) in [5.41, 5.74) is 7.48. The van der Waals surface area contributed by atoms with Crippen LogP contribution < -0.4 is 11.1 Å². The molecule has 2 amide bonds. The molecule has 0 heterocycles. The molecule has 0 bridgehead atoms. The second kappa shape index (κ2) is 7.78. The van der Waals surface area contributed by atoms with Gasteiger partial charge in [0.05, 0.1) is 6.04 Å². The van der Waals surface area contributed by atoms with Crippen LogP contribution in [0.15, 0.2) is 24.3 Å². The van der Waals surface area contributed by atoms with Crippen LogP contribution in [0.2, 0.25) is 0 Å². The molecule has 0 fully saturated rings. The lowest BCUT2D eigenvalue weighted by atomic mass is 10.0. The van der Waals surface area contributed by atoms with E-state index in [2.05, 4.69) is 5.32 Å². The molecule has 0 radical (unpaired) electrons. The van der Waals surface area contributed by atoms with Crippen molar-refractivity contribution in [2.75, 3.05) is 12.4 Å². The van der Waals surface area contributed by atoms with Crippen LogP contribution in [0.4, 0.5) is 5.69 Å². The summed E-state index contributed by atoms with van der Waals surface area (Å²) in [5.74, 6) is 0.152. The molecular formula is C16H25N3O2. The fraction of sp³-hybridized carbons (Fsp3) is 0.500. The molecule has 0 aliphatic rings. The zero-order valence-electron chi connectivity index (χ0n) is 13.2. The lowest BCUT2D eigenvalue weighted by molar-refractivity contribution is -0.128. The van der Waals surface area contributed by atoms with E-state index in [1.807, 2.05) is 38.1 Å². The number of nitrogens with one attached hydrogen (secondary N) is 1. The van der Waals surface area contributed by atoms with Gasteiger partial charge in [-0.25, -0.2) is 0 Å². The fourth-order valence-electron chi connectivity index (χ4n) is 1.99. The minimum atomic E-state index is -0.524. The van der Waals surface area contributed by atoms with Gasteiger partial charge in [0.15, 0.2) is 0 Å². The van der Waals surface area contributed by atoms with Gasteiger partial charge in [0, 0.05) is 26.2 Å². The largest absolute Gasteiger partial charge is 0.342 e. The highest BCUT2D eigenvalue weighted by Gasteiger charge is 2.16. The average Bonchev–Trinajstić information content (AvgIpc) is 2.39. The molecule has 0 aliphatic heterocycles. The molecule has 5 heteroatoms. The molecule has 116 valence electrons. The van der Waals surface area contributed by atoms with Gasteiger partial charge >= 0.3 is 0 Å². The Morgan fingerprint density at radius 1 is 1.29 bits per heavy atom. The third kappa shape index (κ3) is 5.55. The van der Waals surface area contributed by atoms with E-state index in [1.165, 1.54) is 6.92 Å². The standard InChI is InChI=1S/C16H25N3O2/c1-11(2)9-14(17)16(21)18-15-8-6-5-7-13(15)10-19(4)12(3)20/h5-8,11,14H,9-10,17H2,1-4H3,(H,18,21)/t14-/m0/s1. The monoisotopic (exact) mass is 291 g/mol. The molecule has 0 saturated carbocycles. The summed E-state index contributed by atoms with van der Waals surface area (Å²) in [7, 11) is 1.73. The SMILES string of the molecule is CC(=O)N(C)Cc1ccccc1NC(=O)[C@@H](N)CC(C)C. The van der Waals surface area contributed by atoms with Crippen molar-refractivity contribution in [1.82, 2.24) is 4.90 Å². The van der Waals surface area contributed by atoms with E-state index in [-0.39, 0.29) is 11.8 Å². The first-order valence-electron chi connectivity index (χ1n) is 7.17. The summed E-state index contributed by atoms with van der Waals surface area (Å²) >= 11 is 0. The van der Waals surface area contributed by atoms with Gasteiger partial charge in [-0.15, -0.1) is 0 Å². The van der Waals surface area contributed by atoms with Gasteiger partial charge in [-0.1, -0.05) is 32.0 Å². The summed E-state index contributed by atoms with van der Waals surface area (Å²) in [6, 6.07) is 6.92. The van der Waals surface area contributed by atoms with E-state index in [9.17, 15) is 9.59 Å². The molecule has 1 aromatic rings. The first kappa shape index (κ1) is 17.2. The van der Waals surface area contributed by atoms with Crippen LogP contribution in [0.5, 0.6) is 0 Å². The van der Waals surface area contributed by atoms with Crippen LogP contribution in [-0.4, -0.2) is 29.8 Å². The van der Waals surface area contributed by atoms with Gasteiger partial charge in [0.25, 0.3) is 0 Å². The van der Waals surface area contributed by atoms with Crippen LogP contribution >= 0.6 is 0 Å². The number of hydrogen-bond donors (Lipinski definition) is 2. The summed E-state index contributed by atoms with van der Waals surface area (Å²) < 4.78 is 0. The van der Waals surface area contributed by atoms with Crippen LogP contribution in [-0.2, 0) is 16.1 Å². The molecule has 1 aromatic carbocycles. The zero-order valence-corrected chi connectivity index (χ0v) is 13.2. The molecule has 3 N–H and O–H groups in total. The molecule has 1 rings (SSSR count). The minimum Gasteiger partial charge on any atom is -0.342 e. The summed E-state index contributed by atoms with van der Waals surface area (Å²) in [5, 5.41) is 2.86. The van der Waals surface area contributed by atoms with Gasteiger partial charge < -0.3 is 16.0 Å². The number of carbonyl (C=O) groups is 2. The Hall–Kier alpha value is -1.88. The maximum Gasteiger partial charge on any atom is 0.241 e. The predicted molar refractivity (Wildman–Crippen MR) is 84.7 cm³/mol. The van der Waals surface area contributed by atoms with Crippen LogP contribution in [0.3, 0.4) is 0 Å². The van der Waals surface area contributed by atoms with Gasteiger partial charge in [-0.05, 0) is 24.0 Å². The number of rotatable bonds is 6. The normalized spacial score (nSPS) is 12.1. The Morgan fingerprint density at radius 3 is 2.48 bits per heavy atom. The molecule has 5 nitrogen and oxygen atoms in total. The molecule has 0 spiro atoms. The number of para-hydroxylation sites is 1. The number of amides is 2. The molecule has 1 atom stereocenters. The highest BCUT2D eigenvalue weighted by Crippen LogP contribution is 2.17. The molecule has 0 saturated heterocycles. The van der Waals surface area contributed by atoms with Crippen molar-refractivity contribution in [1.29, 1.82) is 0 Å². The van der Waals surface area contributed by atoms with Crippen LogP contribution in [0.25, 0.3) is 0 Å². The third-order valence-electron chi connectivity index (χ3n) is 3.28. The van der Waals surface area contributed by atoms with Crippen molar-refractivity contribution in [3.8, 4) is 0 Å². The van der Waals surface area contributed by atoms with E-state index >= 15 is 0 Å². The third-order valence-corrected chi connectivity index (χ3v) is 3.28. The Bertz CT molecular complexity index is 500. The molecule has 21 heavy (non-hydrogen) atoms.